The molecule has 2 rings (SSSR count). The van der Waals surface area contributed by atoms with Gasteiger partial charge < -0.3 is 10.2 Å². The molecule has 0 bridgehead atoms. The summed E-state index contributed by atoms with van der Waals surface area (Å²) in [7, 11) is -3.03. The highest BCUT2D eigenvalue weighted by atomic mass is 79.9. The summed E-state index contributed by atoms with van der Waals surface area (Å²) in [6.45, 7) is 2.73. The Balaban J connectivity index is 1.86. The van der Waals surface area contributed by atoms with Crippen LogP contribution < -0.4 is 5.32 Å². The van der Waals surface area contributed by atoms with E-state index in [4.69, 9.17) is 0 Å². The highest BCUT2D eigenvalue weighted by Crippen LogP contribution is 2.19. The van der Waals surface area contributed by atoms with Crippen molar-refractivity contribution >= 4 is 37.6 Å². The number of nitrogens with zero attached hydrogens (tertiary/aromatic N) is 1. The Hall–Kier alpha value is -1.41. The van der Waals surface area contributed by atoms with Gasteiger partial charge in [0.15, 0.2) is 9.84 Å². The van der Waals surface area contributed by atoms with E-state index in [2.05, 4.69) is 21.2 Å². The van der Waals surface area contributed by atoms with Crippen LogP contribution in [-0.4, -0.2) is 55.8 Å². The average molecular weight is 431 g/mol. The smallest absolute Gasteiger partial charge is 0.251 e. The first kappa shape index (κ1) is 19.9. The summed E-state index contributed by atoms with van der Waals surface area (Å²) in [5.74, 6) is -0.152. The lowest BCUT2D eigenvalue weighted by Crippen LogP contribution is -2.42. The van der Waals surface area contributed by atoms with Gasteiger partial charge in [0.2, 0.25) is 5.91 Å². The van der Waals surface area contributed by atoms with E-state index in [9.17, 15) is 18.0 Å². The number of carbonyl (C=O) groups excluding carboxylic acids is 2. The Morgan fingerprint density at radius 3 is 2.52 bits per heavy atom. The Bertz CT molecular complexity index is 719. The van der Waals surface area contributed by atoms with E-state index in [0.717, 1.165) is 10.9 Å². The number of hydrogen-bond acceptors (Lipinski definition) is 4. The molecule has 8 heteroatoms. The molecule has 1 N–H and O–H groups in total. The van der Waals surface area contributed by atoms with Crippen LogP contribution in [-0.2, 0) is 14.6 Å². The molecule has 1 aromatic carbocycles. The van der Waals surface area contributed by atoms with Crippen molar-refractivity contribution in [3.8, 4) is 0 Å². The third kappa shape index (κ3) is 5.81. The fourth-order valence-electron chi connectivity index (χ4n) is 2.90. The van der Waals surface area contributed by atoms with Crippen LogP contribution in [0.1, 0.15) is 36.5 Å². The largest absolute Gasteiger partial charge is 0.352 e. The summed E-state index contributed by atoms with van der Waals surface area (Å²) in [5, 5.41) is 2.73. The van der Waals surface area contributed by atoms with Gasteiger partial charge in [-0.15, -0.1) is 0 Å². The van der Waals surface area contributed by atoms with Crippen LogP contribution in [0.2, 0.25) is 0 Å². The van der Waals surface area contributed by atoms with Crippen LogP contribution in [0.15, 0.2) is 28.7 Å². The summed E-state index contributed by atoms with van der Waals surface area (Å²) in [6.07, 6.45) is 1.44. The van der Waals surface area contributed by atoms with E-state index >= 15 is 0 Å². The lowest BCUT2D eigenvalue weighted by Gasteiger charge is -2.28. The molecule has 1 saturated heterocycles. The normalized spacial score (nSPS) is 18.7. The number of hydrogen-bond donors (Lipinski definition) is 1. The molecule has 1 aromatic rings. The minimum atomic E-state index is -3.03. The number of sulfone groups is 1. The third-order valence-corrected chi connectivity index (χ3v) is 6.44. The topological polar surface area (TPSA) is 83.6 Å². The van der Waals surface area contributed by atoms with Crippen molar-refractivity contribution in [2.75, 3.05) is 24.6 Å². The van der Waals surface area contributed by atoms with Crippen molar-refractivity contribution in [1.29, 1.82) is 0 Å². The van der Waals surface area contributed by atoms with Gasteiger partial charge in [-0.1, -0.05) is 22.9 Å². The molecular weight excluding hydrogens is 408 g/mol. The summed E-state index contributed by atoms with van der Waals surface area (Å²) in [6, 6.07) is 6.73. The molecule has 1 heterocycles. The predicted molar refractivity (Wildman–Crippen MR) is 100 cm³/mol. The van der Waals surface area contributed by atoms with Crippen LogP contribution in [0, 0.1) is 0 Å². The molecule has 2 amide bonds. The van der Waals surface area contributed by atoms with Gasteiger partial charge in [-0.05, 0) is 37.1 Å². The molecule has 25 heavy (non-hydrogen) atoms. The van der Waals surface area contributed by atoms with Gasteiger partial charge in [0.25, 0.3) is 5.91 Å². The number of amides is 2. The quantitative estimate of drug-likeness (QED) is 0.716. The number of rotatable bonds is 7. The Kier molecular flexibility index (Phi) is 7.01. The van der Waals surface area contributed by atoms with E-state index < -0.39 is 9.84 Å². The second-order valence-corrected chi connectivity index (χ2v) is 9.30. The molecule has 1 aliphatic rings. The van der Waals surface area contributed by atoms with Crippen molar-refractivity contribution < 1.29 is 18.0 Å². The second kappa shape index (κ2) is 8.80. The SMILES string of the molecule is CCCN(C(=O)CCNC(=O)c1ccc(Br)cc1)C1CCS(=O)(=O)C1. The average Bonchev–Trinajstić information content (AvgIpc) is 2.92. The van der Waals surface area contributed by atoms with Crippen molar-refractivity contribution in [3.05, 3.63) is 34.3 Å². The summed E-state index contributed by atoms with van der Waals surface area (Å²) >= 11 is 3.31. The molecule has 1 unspecified atom stereocenters. The van der Waals surface area contributed by atoms with Gasteiger partial charge in [0.05, 0.1) is 11.5 Å². The number of halogens is 1. The van der Waals surface area contributed by atoms with Crippen LogP contribution >= 0.6 is 15.9 Å². The molecule has 0 aliphatic carbocycles. The molecule has 138 valence electrons. The molecule has 1 atom stereocenters. The molecule has 1 fully saturated rings. The van der Waals surface area contributed by atoms with E-state index in [1.165, 1.54) is 0 Å². The highest BCUT2D eigenvalue weighted by Gasteiger charge is 2.33. The maximum Gasteiger partial charge on any atom is 0.251 e. The second-order valence-electron chi connectivity index (χ2n) is 6.16. The van der Waals surface area contributed by atoms with Gasteiger partial charge in [-0.3, -0.25) is 9.59 Å². The maximum atomic E-state index is 12.5. The number of benzene rings is 1. The van der Waals surface area contributed by atoms with Crippen molar-refractivity contribution in [3.63, 3.8) is 0 Å². The zero-order valence-corrected chi connectivity index (χ0v) is 16.6. The lowest BCUT2D eigenvalue weighted by molar-refractivity contribution is -0.132. The van der Waals surface area contributed by atoms with Crippen LogP contribution in [0.5, 0.6) is 0 Å². The molecule has 0 aromatic heterocycles. The number of carbonyl (C=O) groups is 2. The minimum absolute atomic E-state index is 0.0456. The predicted octanol–water partition coefficient (Wildman–Crippen LogP) is 1.99. The monoisotopic (exact) mass is 430 g/mol. The molecule has 0 saturated carbocycles. The Labute approximate surface area is 157 Å². The first-order valence-electron chi connectivity index (χ1n) is 8.36. The van der Waals surface area contributed by atoms with Crippen LogP contribution in [0.3, 0.4) is 0 Å². The van der Waals surface area contributed by atoms with E-state index in [-0.39, 0.29) is 42.3 Å². The number of nitrogens with one attached hydrogen (secondary N) is 1. The van der Waals surface area contributed by atoms with E-state index in [0.29, 0.717) is 18.5 Å². The fourth-order valence-corrected chi connectivity index (χ4v) is 4.90. The lowest BCUT2D eigenvalue weighted by atomic mass is 10.2. The van der Waals surface area contributed by atoms with Crippen molar-refractivity contribution in [2.24, 2.45) is 0 Å². The van der Waals surface area contributed by atoms with Gasteiger partial charge in [-0.25, -0.2) is 8.42 Å². The zero-order chi connectivity index (χ0) is 18.4. The van der Waals surface area contributed by atoms with Gasteiger partial charge in [0.1, 0.15) is 0 Å². The first-order chi connectivity index (χ1) is 11.8. The molecule has 6 nitrogen and oxygen atoms in total. The highest BCUT2D eigenvalue weighted by molar-refractivity contribution is 9.10. The van der Waals surface area contributed by atoms with E-state index in [1.807, 2.05) is 6.92 Å². The molecule has 0 spiro atoms. The molecule has 0 radical (unpaired) electrons. The zero-order valence-electron chi connectivity index (χ0n) is 14.2. The van der Waals surface area contributed by atoms with Crippen molar-refractivity contribution in [1.82, 2.24) is 10.2 Å². The summed E-state index contributed by atoms with van der Waals surface area (Å²) in [4.78, 5) is 26.2. The minimum Gasteiger partial charge on any atom is -0.352 e. The Morgan fingerprint density at radius 2 is 1.96 bits per heavy atom. The van der Waals surface area contributed by atoms with Crippen molar-refractivity contribution in [2.45, 2.75) is 32.2 Å². The molecular formula is C17H23BrN2O4S. The maximum absolute atomic E-state index is 12.5. The fraction of sp³-hybridized carbons (Fsp3) is 0.529. The van der Waals surface area contributed by atoms with Gasteiger partial charge in [0, 0.05) is 35.6 Å². The molecule has 1 aliphatic heterocycles. The Morgan fingerprint density at radius 1 is 1.28 bits per heavy atom. The standard InChI is InChI=1S/C17H23BrN2O4S/c1-2-10-20(15-8-11-25(23,24)12-15)16(21)7-9-19-17(22)13-3-5-14(18)6-4-13/h3-6,15H,2,7-12H2,1H3,(H,19,22). The van der Waals surface area contributed by atoms with Crippen LogP contribution in [0.25, 0.3) is 0 Å². The van der Waals surface area contributed by atoms with Gasteiger partial charge >= 0.3 is 0 Å². The van der Waals surface area contributed by atoms with Gasteiger partial charge in [-0.2, -0.15) is 0 Å². The summed E-state index contributed by atoms with van der Waals surface area (Å²) in [5.41, 5.74) is 0.531. The third-order valence-electron chi connectivity index (χ3n) is 4.16. The van der Waals surface area contributed by atoms with E-state index in [1.54, 1.807) is 29.2 Å². The first-order valence-corrected chi connectivity index (χ1v) is 11.0. The van der Waals surface area contributed by atoms with Crippen LogP contribution in [0.4, 0.5) is 0 Å². The summed E-state index contributed by atoms with van der Waals surface area (Å²) < 4.78 is 24.2.